The Balaban J connectivity index is 2.10. The predicted octanol–water partition coefficient (Wildman–Crippen LogP) is 5.43. The van der Waals surface area contributed by atoms with Crippen LogP contribution in [0, 0.1) is 0 Å². The van der Waals surface area contributed by atoms with Gasteiger partial charge in [0.25, 0.3) is 0 Å². The van der Waals surface area contributed by atoms with Crippen molar-refractivity contribution in [1.82, 2.24) is 0 Å². The fraction of sp³-hybridized carbons (Fsp3) is 0.217. The lowest BCUT2D eigenvalue weighted by molar-refractivity contribution is 0.0696. The zero-order valence-electron chi connectivity index (χ0n) is 15.3. The minimum Gasteiger partial charge on any atom is -0.478 e. The molecule has 1 aromatic heterocycles. The first-order valence-electron chi connectivity index (χ1n) is 9.08. The number of unbranched alkanes of at least 4 members (excludes halogenated alkanes) is 1. The molecule has 0 radical (unpaired) electrons. The molecule has 4 nitrogen and oxygen atoms in total. The van der Waals surface area contributed by atoms with Gasteiger partial charge in [0.15, 0.2) is 5.78 Å². The van der Waals surface area contributed by atoms with E-state index in [1.165, 1.54) is 12.1 Å². The second-order valence-corrected chi connectivity index (χ2v) is 6.54. The number of aromatic carboxylic acids is 1. The third kappa shape index (κ3) is 3.85. The lowest BCUT2D eigenvalue weighted by Gasteiger charge is -2.04. The van der Waals surface area contributed by atoms with Crippen LogP contribution in [0.5, 0.6) is 0 Å². The van der Waals surface area contributed by atoms with E-state index in [0.29, 0.717) is 34.3 Å². The van der Waals surface area contributed by atoms with Crippen molar-refractivity contribution in [1.29, 1.82) is 0 Å². The SMILES string of the molecule is C=CCc1ccc(C(=O)c2c(CCCC)oc3ccc(C(=O)O)cc23)cc1. The quantitative estimate of drug-likeness (QED) is 0.428. The van der Waals surface area contributed by atoms with Crippen LogP contribution in [-0.2, 0) is 12.8 Å². The largest absolute Gasteiger partial charge is 0.478 e. The van der Waals surface area contributed by atoms with Gasteiger partial charge < -0.3 is 9.52 Å². The molecule has 0 fully saturated rings. The molecule has 0 saturated heterocycles. The molecular formula is C23H22O4. The fourth-order valence-corrected chi connectivity index (χ4v) is 3.15. The van der Waals surface area contributed by atoms with E-state index in [1.807, 2.05) is 18.2 Å². The molecule has 3 rings (SSSR count). The predicted molar refractivity (Wildman–Crippen MR) is 106 cm³/mol. The van der Waals surface area contributed by atoms with E-state index < -0.39 is 5.97 Å². The number of hydrogen-bond acceptors (Lipinski definition) is 3. The number of fused-ring (bicyclic) bond motifs is 1. The molecule has 0 spiro atoms. The van der Waals surface area contributed by atoms with Crippen molar-refractivity contribution in [2.75, 3.05) is 0 Å². The monoisotopic (exact) mass is 362 g/mol. The Hall–Kier alpha value is -3.14. The molecule has 1 N–H and O–H groups in total. The van der Waals surface area contributed by atoms with Crippen LogP contribution in [0.25, 0.3) is 11.0 Å². The topological polar surface area (TPSA) is 67.5 Å². The summed E-state index contributed by atoms with van der Waals surface area (Å²) in [7, 11) is 0. The first-order chi connectivity index (χ1) is 13.0. The second kappa shape index (κ2) is 8.04. The normalized spacial score (nSPS) is 10.9. The highest BCUT2D eigenvalue weighted by molar-refractivity contribution is 6.17. The molecular weight excluding hydrogens is 340 g/mol. The first-order valence-corrected chi connectivity index (χ1v) is 9.08. The van der Waals surface area contributed by atoms with Crippen molar-refractivity contribution >= 4 is 22.7 Å². The van der Waals surface area contributed by atoms with Gasteiger partial charge in [-0.05, 0) is 36.6 Å². The van der Waals surface area contributed by atoms with E-state index in [1.54, 1.807) is 18.2 Å². The molecule has 1 heterocycles. The highest BCUT2D eigenvalue weighted by Crippen LogP contribution is 2.30. The third-order valence-corrected chi connectivity index (χ3v) is 4.59. The Bertz CT molecular complexity index is 993. The molecule has 0 aliphatic heterocycles. The number of carbonyl (C=O) groups excluding carboxylic acids is 1. The van der Waals surface area contributed by atoms with Crippen LogP contribution in [0.1, 0.15) is 57.4 Å². The smallest absolute Gasteiger partial charge is 0.335 e. The number of carbonyl (C=O) groups is 2. The van der Waals surface area contributed by atoms with E-state index in [4.69, 9.17) is 4.42 Å². The van der Waals surface area contributed by atoms with Crippen LogP contribution in [0.15, 0.2) is 59.5 Å². The van der Waals surface area contributed by atoms with E-state index in [2.05, 4.69) is 13.5 Å². The van der Waals surface area contributed by atoms with Gasteiger partial charge in [0.2, 0.25) is 0 Å². The average molecular weight is 362 g/mol. The minimum absolute atomic E-state index is 0.140. The summed E-state index contributed by atoms with van der Waals surface area (Å²) in [4.78, 5) is 24.6. The van der Waals surface area contributed by atoms with Crippen molar-refractivity contribution in [3.05, 3.63) is 83.1 Å². The van der Waals surface area contributed by atoms with E-state index in [-0.39, 0.29) is 11.3 Å². The van der Waals surface area contributed by atoms with Crippen molar-refractivity contribution in [3.8, 4) is 0 Å². The van der Waals surface area contributed by atoms with Gasteiger partial charge in [0, 0.05) is 17.4 Å². The molecule has 138 valence electrons. The van der Waals surface area contributed by atoms with E-state index in [9.17, 15) is 14.7 Å². The summed E-state index contributed by atoms with van der Waals surface area (Å²) in [5.74, 6) is -0.553. The van der Waals surface area contributed by atoms with Crippen molar-refractivity contribution in [3.63, 3.8) is 0 Å². The maximum absolute atomic E-state index is 13.2. The Kier molecular flexibility index (Phi) is 5.55. The van der Waals surface area contributed by atoms with Crippen molar-refractivity contribution in [2.24, 2.45) is 0 Å². The van der Waals surface area contributed by atoms with Crippen molar-refractivity contribution < 1.29 is 19.1 Å². The molecule has 0 saturated carbocycles. The number of rotatable bonds is 8. The van der Waals surface area contributed by atoms with Crippen molar-refractivity contribution in [2.45, 2.75) is 32.6 Å². The highest BCUT2D eigenvalue weighted by atomic mass is 16.4. The molecule has 0 amide bonds. The summed E-state index contributed by atoms with van der Waals surface area (Å²) >= 11 is 0. The van der Waals surface area contributed by atoms with Gasteiger partial charge in [-0.15, -0.1) is 6.58 Å². The lowest BCUT2D eigenvalue weighted by Crippen LogP contribution is -2.05. The highest BCUT2D eigenvalue weighted by Gasteiger charge is 2.22. The van der Waals surface area contributed by atoms with E-state index >= 15 is 0 Å². The molecule has 4 heteroatoms. The lowest BCUT2D eigenvalue weighted by atomic mass is 9.96. The van der Waals surface area contributed by atoms with Crippen LogP contribution in [0.4, 0.5) is 0 Å². The van der Waals surface area contributed by atoms with Crippen LogP contribution >= 0.6 is 0 Å². The summed E-state index contributed by atoms with van der Waals surface area (Å²) in [6.45, 7) is 5.80. The van der Waals surface area contributed by atoms with Gasteiger partial charge in [0.1, 0.15) is 11.3 Å². The molecule has 27 heavy (non-hydrogen) atoms. The second-order valence-electron chi connectivity index (χ2n) is 6.54. The summed E-state index contributed by atoms with van der Waals surface area (Å²) in [5, 5.41) is 9.85. The molecule has 3 aromatic rings. The fourth-order valence-electron chi connectivity index (χ4n) is 3.15. The third-order valence-electron chi connectivity index (χ3n) is 4.59. The number of aryl methyl sites for hydroxylation is 1. The Morgan fingerprint density at radius 1 is 1.11 bits per heavy atom. The van der Waals surface area contributed by atoms with Gasteiger partial charge in [-0.3, -0.25) is 4.79 Å². The first kappa shape index (κ1) is 18.6. The van der Waals surface area contributed by atoms with Gasteiger partial charge in [0.05, 0.1) is 11.1 Å². The molecule has 2 aromatic carbocycles. The molecule has 0 atom stereocenters. The van der Waals surface area contributed by atoms with E-state index in [0.717, 1.165) is 24.8 Å². The van der Waals surface area contributed by atoms with Crippen LogP contribution < -0.4 is 0 Å². The van der Waals surface area contributed by atoms with Gasteiger partial charge in [-0.1, -0.05) is 43.7 Å². The average Bonchev–Trinajstić information content (AvgIpc) is 3.04. The van der Waals surface area contributed by atoms with Gasteiger partial charge >= 0.3 is 5.97 Å². The molecule has 0 aliphatic rings. The number of benzene rings is 2. The summed E-state index contributed by atoms with van der Waals surface area (Å²) in [6, 6.07) is 12.1. The number of ketones is 1. The Morgan fingerprint density at radius 2 is 1.81 bits per heavy atom. The maximum Gasteiger partial charge on any atom is 0.335 e. The van der Waals surface area contributed by atoms with Crippen LogP contribution in [0.3, 0.4) is 0 Å². The van der Waals surface area contributed by atoms with Crippen LogP contribution in [0.2, 0.25) is 0 Å². The summed E-state index contributed by atoms with van der Waals surface area (Å²) in [5.41, 5.74) is 2.79. The zero-order valence-corrected chi connectivity index (χ0v) is 15.3. The van der Waals surface area contributed by atoms with Gasteiger partial charge in [-0.25, -0.2) is 4.79 Å². The molecule has 0 unspecified atom stereocenters. The molecule has 0 aliphatic carbocycles. The number of carboxylic acids is 1. The number of carboxylic acid groups (broad SMARTS) is 1. The standard InChI is InChI=1S/C23H22O4/c1-3-5-7-20-21(18-14-17(23(25)26)12-13-19(18)27-20)22(24)16-10-8-15(6-4-2)9-11-16/h4,8-14H,2-3,5-7H2,1H3,(H,25,26). The molecule has 0 bridgehead atoms. The Morgan fingerprint density at radius 3 is 2.44 bits per heavy atom. The maximum atomic E-state index is 13.2. The number of furan rings is 1. The Labute approximate surface area is 158 Å². The summed E-state index contributed by atoms with van der Waals surface area (Å²) < 4.78 is 5.91. The van der Waals surface area contributed by atoms with Gasteiger partial charge in [-0.2, -0.15) is 0 Å². The minimum atomic E-state index is -1.03. The summed E-state index contributed by atoms with van der Waals surface area (Å²) in [6.07, 6.45) is 5.07. The number of hydrogen-bond donors (Lipinski definition) is 1. The van der Waals surface area contributed by atoms with Crippen LogP contribution in [-0.4, -0.2) is 16.9 Å². The number of allylic oxidation sites excluding steroid dienone is 1. The zero-order chi connectivity index (χ0) is 19.4.